The average Bonchev–Trinajstić information content (AvgIpc) is 2.38. The Morgan fingerprint density at radius 1 is 0.905 bits per heavy atom. The van der Waals surface area contributed by atoms with E-state index in [4.69, 9.17) is 4.74 Å². The zero-order valence-electron chi connectivity index (χ0n) is 13.2. The van der Waals surface area contributed by atoms with Crippen LogP contribution in [0.2, 0.25) is 25.7 Å². The van der Waals surface area contributed by atoms with Gasteiger partial charge in [-0.05, 0) is 48.4 Å². The van der Waals surface area contributed by atoms with Gasteiger partial charge in [-0.25, -0.2) is 0 Å². The van der Waals surface area contributed by atoms with E-state index in [9.17, 15) is 0 Å². The summed E-state index contributed by atoms with van der Waals surface area (Å²) in [5.41, 5.74) is 2.44. The molecule has 1 nitrogen and oxygen atoms in total. The topological polar surface area (TPSA) is 9.23 Å². The van der Waals surface area contributed by atoms with Crippen LogP contribution in [0.25, 0.3) is 11.1 Å². The van der Waals surface area contributed by atoms with Crippen LogP contribution >= 0.6 is 15.9 Å². The second-order valence-corrected chi connectivity index (χ2v) is 13.2. The number of halogens is 1. The van der Waals surface area contributed by atoms with Crippen molar-refractivity contribution in [3.05, 3.63) is 53.0 Å². The molecule has 0 radical (unpaired) electrons. The summed E-state index contributed by atoms with van der Waals surface area (Å²) in [6.07, 6.45) is 0.287. The summed E-state index contributed by atoms with van der Waals surface area (Å²) in [4.78, 5) is 0. The van der Waals surface area contributed by atoms with E-state index in [1.165, 1.54) is 17.2 Å². The van der Waals surface area contributed by atoms with E-state index in [0.29, 0.717) is 0 Å². The summed E-state index contributed by atoms with van der Waals surface area (Å²) in [5, 5.41) is 0. The number of benzene rings is 2. The molecule has 0 aliphatic heterocycles. The molecule has 0 N–H and O–H groups in total. The third kappa shape index (κ3) is 5.33. The third-order valence-corrected chi connectivity index (χ3v) is 5.60. The molecule has 0 saturated carbocycles. The Kier molecular flexibility index (Phi) is 5.28. The normalized spacial score (nSPS) is 13.0. The van der Waals surface area contributed by atoms with Crippen molar-refractivity contribution in [1.29, 1.82) is 0 Å². The van der Waals surface area contributed by atoms with Gasteiger partial charge in [-0.2, -0.15) is 0 Å². The number of ether oxygens (including phenoxy) is 1. The molecule has 0 amide bonds. The van der Waals surface area contributed by atoms with E-state index in [1.54, 1.807) is 0 Å². The van der Waals surface area contributed by atoms with E-state index < -0.39 is 8.07 Å². The van der Waals surface area contributed by atoms with Crippen LogP contribution in [0.15, 0.2) is 53.0 Å². The summed E-state index contributed by atoms with van der Waals surface area (Å²) in [5.74, 6) is 0.960. The molecular formula is C18H23BrOSi. The van der Waals surface area contributed by atoms with Gasteiger partial charge in [-0.3, -0.25) is 0 Å². The molecule has 1 unspecified atom stereocenters. The predicted molar refractivity (Wildman–Crippen MR) is 97.8 cm³/mol. The lowest BCUT2D eigenvalue weighted by Crippen LogP contribution is -2.28. The Bertz CT molecular complexity index is 570. The van der Waals surface area contributed by atoms with Crippen molar-refractivity contribution < 1.29 is 4.74 Å². The largest absolute Gasteiger partial charge is 0.491 e. The molecule has 2 aromatic carbocycles. The van der Waals surface area contributed by atoms with Crippen LogP contribution in [0.1, 0.15) is 6.92 Å². The van der Waals surface area contributed by atoms with Crippen LogP contribution < -0.4 is 4.74 Å². The van der Waals surface area contributed by atoms with E-state index in [-0.39, 0.29) is 6.10 Å². The Morgan fingerprint density at radius 3 is 1.86 bits per heavy atom. The molecule has 0 saturated heterocycles. The van der Waals surface area contributed by atoms with Gasteiger partial charge in [0.05, 0.1) is 6.10 Å². The van der Waals surface area contributed by atoms with Crippen molar-refractivity contribution in [3.63, 3.8) is 0 Å². The first kappa shape index (κ1) is 16.3. The maximum absolute atomic E-state index is 6.03. The van der Waals surface area contributed by atoms with Crippen molar-refractivity contribution in [2.24, 2.45) is 0 Å². The Labute approximate surface area is 137 Å². The minimum absolute atomic E-state index is 0.287. The van der Waals surface area contributed by atoms with Crippen LogP contribution in [-0.4, -0.2) is 14.2 Å². The van der Waals surface area contributed by atoms with Crippen molar-refractivity contribution in [1.82, 2.24) is 0 Å². The lowest BCUT2D eigenvalue weighted by atomic mass is 10.1. The molecule has 0 bridgehead atoms. The first-order valence-corrected chi connectivity index (χ1v) is 11.9. The predicted octanol–water partition coefficient (Wildman–Crippen LogP) is 6.22. The summed E-state index contributed by atoms with van der Waals surface area (Å²) in [6, 6.07) is 17.9. The van der Waals surface area contributed by atoms with E-state index in [2.05, 4.69) is 91.0 Å². The average molecular weight is 363 g/mol. The highest BCUT2D eigenvalue weighted by atomic mass is 79.9. The lowest BCUT2D eigenvalue weighted by molar-refractivity contribution is 0.240. The molecule has 1 atom stereocenters. The summed E-state index contributed by atoms with van der Waals surface area (Å²) < 4.78 is 7.13. The molecule has 112 valence electrons. The van der Waals surface area contributed by atoms with Crippen molar-refractivity contribution in [3.8, 4) is 16.9 Å². The van der Waals surface area contributed by atoms with Crippen molar-refractivity contribution in [2.45, 2.75) is 38.7 Å². The smallest absolute Gasteiger partial charge is 0.119 e. The van der Waals surface area contributed by atoms with E-state index in [0.717, 1.165) is 10.2 Å². The molecule has 0 aromatic heterocycles. The van der Waals surface area contributed by atoms with Crippen LogP contribution in [0.5, 0.6) is 5.75 Å². The first-order chi connectivity index (χ1) is 9.83. The zero-order valence-corrected chi connectivity index (χ0v) is 15.8. The summed E-state index contributed by atoms with van der Waals surface area (Å²) in [7, 11) is -1.07. The van der Waals surface area contributed by atoms with E-state index in [1.807, 2.05) is 0 Å². The second kappa shape index (κ2) is 6.80. The van der Waals surface area contributed by atoms with Gasteiger partial charge in [0.25, 0.3) is 0 Å². The van der Waals surface area contributed by atoms with Gasteiger partial charge in [0, 0.05) is 12.5 Å². The first-order valence-electron chi connectivity index (χ1n) is 7.36. The zero-order chi connectivity index (χ0) is 15.5. The SMILES string of the molecule is CC(C[Si](C)(C)C)Oc1ccc(-c2ccc(Br)cc2)cc1. The molecule has 3 heteroatoms. The van der Waals surface area contributed by atoms with E-state index >= 15 is 0 Å². The minimum Gasteiger partial charge on any atom is -0.491 e. The van der Waals surface area contributed by atoms with Gasteiger partial charge >= 0.3 is 0 Å². The Morgan fingerprint density at radius 2 is 1.38 bits per heavy atom. The number of hydrogen-bond acceptors (Lipinski definition) is 1. The quantitative estimate of drug-likeness (QED) is 0.573. The lowest BCUT2D eigenvalue weighted by Gasteiger charge is -2.22. The second-order valence-electron chi connectivity index (χ2n) is 6.72. The Hall–Kier alpha value is -1.06. The van der Waals surface area contributed by atoms with Gasteiger partial charge in [-0.15, -0.1) is 0 Å². The molecule has 0 spiro atoms. The van der Waals surface area contributed by atoms with Crippen LogP contribution in [-0.2, 0) is 0 Å². The minimum atomic E-state index is -1.07. The van der Waals surface area contributed by atoms with Gasteiger partial charge in [0.1, 0.15) is 5.75 Å². The molecule has 0 heterocycles. The fraction of sp³-hybridized carbons (Fsp3) is 0.333. The van der Waals surface area contributed by atoms with Gasteiger partial charge in [0.2, 0.25) is 0 Å². The maximum Gasteiger partial charge on any atom is 0.119 e. The molecule has 21 heavy (non-hydrogen) atoms. The Balaban J connectivity index is 2.03. The highest BCUT2D eigenvalue weighted by Gasteiger charge is 2.18. The van der Waals surface area contributed by atoms with Gasteiger partial charge in [-0.1, -0.05) is 59.8 Å². The van der Waals surface area contributed by atoms with Crippen LogP contribution in [0.4, 0.5) is 0 Å². The number of hydrogen-bond donors (Lipinski definition) is 0. The van der Waals surface area contributed by atoms with Crippen molar-refractivity contribution in [2.75, 3.05) is 0 Å². The molecule has 0 aliphatic carbocycles. The molecule has 2 rings (SSSR count). The van der Waals surface area contributed by atoms with Crippen LogP contribution in [0, 0.1) is 0 Å². The highest BCUT2D eigenvalue weighted by Crippen LogP contribution is 2.25. The summed E-state index contributed by atoms with van der Waals surface area (Å²) in [6.45, 7) is 9.30. The van der Waals surface area contributed by atoms with Crippen LogP contribution in [0.3, 0.4) is 0 Å². The monoisotopic (exact) mass is 362 g/mol. The standard InChI is InChI=1S/C18H23BrOSi/c1-14(13-21(2,3)4)20-18-11-7-16(8-12-18)15-5-9-17(19)10-6-15/h5-12,14H,13H2,1-4H3. The number of rotatable bonds is 5. The highest BCUT2D eigenvalue weighted by molar-refractivity contribution is 9.10. The molecule has 0 fully saturated rings. The third-order valence-electron chi connectivity index (χ3n) is 3.27. The fourth-order valence-corrected chi connectivity index (χ4v) is 4.58. The van der Waals surface area contributed by atoms with Crippen molar-refractivity contribution >= 4 is 24.0 Å². The molecule has 0 aliphatic rings. The fourth-order valence-electron chi connectivity index (χ4n) is 2.50. The van der Waals surface area contributed by atoms with Gasteiger partial charge in [0.15, 0.2) is 0 Å². The molecule has 2 aromatic rings. The van der Waals surface area contributed by atoms with Gasteiger partial charge < -0.3 is 4.74 Å². The summed E-state index contributed by atoms with van der Waals surface area (Å²) >= 11 is 3.46. The molecular weight excluding hydrogens is 340 g/mol. The maximum atomic E-state index is 6.03.